The van der Waals surface area contributed by atoms with E-state index < -0.39 is 43.8 Å². The second-order valence-electron chi connectivity index (χ2n) is 6.29. The number of rotatable bonds is 3. The van der Waals surface area contributed by atoms with Gasteiger partial charge in [-0.2, -0.15) is 18.3 Å². The zero-order valence-corrected chi connectivity index (χ0v) is 17.3. The molecule has 0 N–H and O–H groups in total. The number of nitrogens with zero attached hydrogens (tertiary/aromatic N) is 2. The van der Waals surface area contributed by atoms with Gasteiger partial charge in [-0.05, 0) is 42.8 Å². The average molecular weight is 495 g/mol. The summed E-state index contributed by atoms with van der Waals surface area (Å²) in [6.45, 7) is 1.76. The molecular weight excluding hydrogens is 483 g/mol. The van der Waals surface area contributed by atoms with Crippen molar-refractivity contribution in [3.05, 3.63) is 63.8 Å². The second kappa shape index (κ2) is 7.21. The molecule has 0 aliphatic rings. The molecule has 0 amide bonds. The number of alkyl halides is 3. The lowest BCUT2D eigenvalue weighted by Gasteiger charge is -2.11. The highest BCUT2D eigenvalue weighted by atomic mass is 79.9. The first kappa shape index (κ1) is 21.4. The lowest BCUT2D eigenvalue weighted by Crippen LogP contribution is -2.08. The van der Waals surface area contributed by atoms with Crippen LogP contribution in [0.15, 0.2) is 45.8 Å². The molecule has 0 saturated heterocycles. The normalized spacial score (nSPS) is 12.4. The second-order valence-corrected chi connectivity index (χ2v) is 9.13. The Morgan fingerprint density at radius 2 is 1.69 bits per heavy atom. The highest BCUT2D eigenvalue weighted by molar-refractivity contribution is 9.10. The summed E-state index contributed by atoms with van der Waals surface area (Å²) < 4.78 is 93.1. The summed E-state index contributed by atoms with van der Waals surface area (Å²) in [6.07, 6.45) is -4.13. The van der Waals surface area contributed by atoms with E-state index in [4.69, 9.17) is 0 Å². The Bertz CT molecular complexity index is 1220. The summed E-state index contributed by atoms with van der Waals surface area (Å²) in [5.74, 6) is -2.48. The topological polar surface area (TPSA) is 52.0 Å². The van der Waals surface area contributed by atoms with Crippen LogP contribution in [0, 0.1) is 18.6 Å². The van der Waals surface area contributed by atoms with Crippen LogP contribution < -0.4 is 0 Å². The van der Waals surface area contributed by atoms with Crippen molar-refractivity contribution in [1.29, 1.82) is 0 Å². The molecule has 0 atom stereocenters. The van der Waals surface area contributed by atoms with E-state index in [1.807, 2.05) is 0 Å². The van der Waals surface area contributed by atoms with Gasteiger partial charge >= 0.3 is 6.18 Å². The van der Waals surface area contributed by atoms with Crippen LogP contribution in [0.3, 0.4) is 0 Å². The molecule has 0 aliphatic heterocycles. The maximum absolute atomic E-state index is 14.6. The number of aromatic nitrogens is 2. The molecule has 1 aromatic heterocycles. The van der Waals surface area contributed by atoms with Gasteiger partial charge < -0.3 is 0 Å². The highest BCUT2D eigenvalue weighted by Crippen LogP contribution is 2.35. The number of hydrogen-bond acceptors (Lipinski definition) is 3. The molecule has 0 saturated carbocycles. The Balaban J connectivity index is 2.30. The minimum Gasteiger partial charge on any atom is -0.232 e. The fraction of sp³-hybridized carbons (Fsp3) is 0.167. The van der Waals surface area contributed by atoms with Gasteiger partial charge in [0.15, 0.2) is 15.5 Å². The largest absolute Gasteiger partial charge is 0.435 e. The SMILES string of the molecule is Cc1ccc(-n2nc(C(F)(F)F)cc2-c2cc(F)c(S(C)(=O)=O)cc2F)cc1Br. The fourth-order valence-electron chi connectivity index (χ4n) is 2.63. The predicted octanol–water partition coefficient (Wildman–Crippen LogP) is 5.31. The summed E-state index contributed by atoms with van der Waals surface area (Å²) in [4.78, 5) is -0.890. The van der Waals surface area contributed by atoms with Gasteiger partial charge in [-0.1, -0.05) is 22.0 Å². The quantitative estimate of drug-likeness (QED) is 0.463. The van der Waals surface area contributed by atoms with Gasteiger partial charge in [0.05, 0.1) is 11.4 Å². The van der Waals surface area contributed by atoms with Gasteiger partial charge in [-0.3, -0.25) is 0 Å². The molecule has 29 heavy (non-hydrogen) atoms. The van der Waals surface area contributed by atoms with Gasteiger partial charge in [-0.15, -0.1) is 0 Å². The summed E-state index contributed by atoms with van der Waals surface area (Å²) in [5, 5.41) is 3.50. The van der Waals surface area contributed by atoms with E-state index in [0.29, 0.717) is 28.9 Å². The number of sulfone groups is 1. The summed E-state index contributed by atoms with van der Waals surface area (Å²) >= 11 is 3.26. The maximum Gasteiger partial charge on any atom is 0.435 e. The van der Waals surface area contributed by atoms with Gasteiger partial charge in [0.25, 0.3) is 0 Å². The smallest absolute Gasteiger partial charge is 0.232 e. The molecule has 0 aliphatic carbocycles. The molecule has 11 heteroatoms. The molecule has 0 unspecified atom stereocenters. The van der Waals surface area contributed by atoms with Crippen LogP contribution in [-0.2, 0) is 16.0 Å². The van der Waals surface area contributed by atoms with E-state index in [1.54, 1.807) is 13.0 Å². The summed E-state index contributed by atoms with van der Waals surface area (Å²) in [6, 6.07) is 6.12. The summed E-state index contributed by atoms with van der Waals surface area (Å²) in [7, 11) is -4.07. The number of benzene rings is 2. The third-order valence-electron chi connectivity index (χ3n) is 4.10. The Kier molecular flexibility index (Phi) is 5.33. The maximum atomic E-state index is 14.6. The third kappa shape index (κ3) is 4.20. The van der Waals surface area contributed by atoms with Crippen molar-refractivity contribution in [3.8, 4) is 16.9 Å². The van der Waals surface area contributed by atoms with E-state index >= 15 is 0 Å². The molecule has 0 fully saturated rings. The molecule has 1 heterocycles. The zero-order valence-electron chi connectivity index (χ0n) is 14.9. The molecule has 3 aromatic rings. The van der Waals surface area contributed by atoms with E-state index in [9.17, 15) is 30.4 Å². The fourth-order valence-corrected chi connectivity index (χ4v) is 3.73. The van der Waals surface area contributed by atoms with Crippen LogP contribution in [0.1, 0.15) is 11.3 Å². The summed E-state index contributed by atoms with van der Waals surface area (Å²) in [5.41, 5.74) is -1.29. The molecule has 0 radical (unpaired) electrons. The minimum atomic E-state index is -4.83. The van der Waals surface area contributed by atoms with Gasteiger partial charge in [0.1, 0.15) is 16.5 Å². The van der Waals surface area contributed by atoms with Crippen LogP contribution in [0.25, 0.3) is 16.9 Å². The van der Waals surface area contributed by atoms with Crippen LogP contribution in [0.4, 0.5) is 22.0 Å². The Hall–Kier alpha value is -2.27. The molecule has 154 valence electrons. The first-order chi connectivity index (χ1) is 13.3. The lowest BCUT2D eigenvalue weighted by molar-refractivity contribution is -0.141. The average Bonchev–Trinajstić information content (AvgIpc) is 3.03. The highest BCUT2D eigenvalue weighted by Gasteiger charge is 2.36. The number of aryl methyl sites for hydroxylation is 1. The van der Waals surface area contributed by atoms with E-state index in [0.717, 1.165) is 10.2 Å². The zero-order chi connectivity index (χ0) is 21.7. The van der Waals surface area contributed by atoms with Gasteiger partial charge in [0.2, 0.25) is 0 Å². The molecular formula is C18H12BrF5N2O2S. The van der Waals surface area contributed by atoms with Gasteiger partial charge in [-0.25, -0.2) is 21.9 Å². The van der Waals surface area contributed by atoms with Crippen molar-refractivity contribution in [2.75, 3.05) is 6.26 Å². The van der Waals surface area contributed by atoms with Crippen molar-refractivity contribution in [1.82, 2.24) is 9.78 Å². The number of hydrogen-bond donors (Lipinski definition) is 0. The molecule has 0 bridgehead atoms. The van der Waals surface area contributed by atoms with Crippen LogP contribution in [0.2, 0.25) is 0 Å². The Morgan fingerprint density at radius 3 is 2.24 bits per heavy atom. The molecule has 4 nitrogen and oxygen atoms in total. The van der Waals surface area contributed by atoms with E-state index in [1.165, 1.54) is 12.1 Å². The Labute approximate surface area is 171 Å². The van der Waals surface area contributed by atoms with Gasteiger partial charge in [0, 0.05) is 16.3 Å². The van der Waals surface area contributed by atoms with Crippen molar-refractivity contribution < 1.29 is 30.4 Å². The van der Waals surface area contributed by atoms with Crippen molar-refractivity contribution >= 4 is 25.8 Å². The predicted molar refractivity (Wildman–Crippen MR) is 99.5 cm³/mol. The van der Waals surface area contributed by atoms with Crippen LogP contribution >= 0.6 is 15.9 Å². The molecule has 2 aromatic carbocycles. The lowest BCUT2D eigenvalue weighted by atomic mass is 10.1. The minimum absolute atomic E-state index is 0.167. The van der Waals surface area contributed by atoms with Crippen molar-refractivity contribution in [2.24, 2.45) is 0 Å². The first-order valence-electron chi connectivity index (χ1n) is 7.92. The molecule has 3 rings (SSSR count). The standard InChI is InChI=1S/C18H12BrF5N2O2S/c1-9-3-4-10(5-12(9)19)26-15(8-17(25-26)18(22,23)24)11-6-14(21)16(7-13(11)20)29(2,27)28/h3-8H,1-2H3. The van der Waals surface area contributed by atoms with Crippen molar-refractivity contribution in [2.45, 2.75) is 18.0 Å². The monoisotopic (exact) mass is 494 g/mol. The van der Waals surface area contributed by atoms with E-state index in [2.05, 4.69) is 21.0 Å². The van der Waals surface area contributed by atoms with E-state index in [-0.39, 0.29) is 11.4 Å². The van der Waals surface area contributed by atoms with Crippen LogP contribution in [0.5, 0.6) is 0 Å². The third-order valence-corrected chi connectivity index (χ3v) is 6.06. The molecule has 0 spiro atoms. The van der Waals surface area contributed by atoms with Crippen LogP contribution in [-0.4, -0.2) is 24.5 Å². The van der Waals surface area contributed by atoms with Crippen molar-refractivity contribution in [3.63, 3.8) is 0 Å². The first-order valence-corrected chi connectivity index (χ1v) is 10.6. The Morgan fingerprint density at radius 1 is 1.03 bits per heavy atom. The number of halogens is 6.